The number of amides is 1. The number of methoxy groups -OCH3 is 1. The van der Waals surface area contributed by atoms with Gasteiger partial charge in [-0.25, -0.2) is 22.0 Å². The normalized spacial score (nSPS) is 27.3. The second-order valence-electron chi connectivity index (χ2n) is 15.4. The standard InChI is InChI=1S/C38H52F2N4O6S/c1-48-36(45)41-35-8-3-7-34(35)38(27-42-15-4-16-42,29-5-2-6-30(39)21-29)28-13-17-43(18-14-28)24-37(40)25-44(26-37)31-9-11-33(12-10-31)51(46,47)23-32-22-49-19-20-50-32/h2,5-6,9-12,21,28,32,34-35H,3-4,7-8,13-20,22-27H2,1H3,(H,41,45)/t32-,34-,35-,38?/m0/s1. The van der Waals surface area contributed by atoms with Gasteiger partial charge < -0.3 is 29.3 Å². The second kappa shape index (κ2) is 15.3. The number of hydrogen-bond donors (Lipinski definition) is 1. The number of ether oxygens (including phenoxy) is 3. The summed E-state index contributed by atoms with van der Waals surface area (Å²) in [5.41, 5.74) is 0.0709. The number of carbonyl (C=O) groups is 1. The predicted molar refractivity (Wildman–Crippen MR) is 190 cm³/mol. The highest BCUT2D eigenvalue weighted by molar-refractivity contribution is 7.91. The van der Waals surface area contributed by atoms with Gasteiger partial charge in [-0.15, -0.1) is 0 Å². The first kappa shape index (κ1) is 36.5. The van der Waals surface area contributed by atoms with Crippen LogP contribution in [0.3, 0.4) is 0 Å². The zero-order chi connectivity index (χ0) is 35.6. The summed E-state index contributed by atoms with van der Waals surface area (Å²) >= 11 is 0. The monoisotopic (exact) mass is 730 g/mol. The van der Waals surface area contributed by atoms with Crippen LogP contribution >= 0.6 is 0 Å². The summed E-state index contributed by atoms with van der Waals surface area (Å²) in [5, 5.41) is 3.14. The van der Waals surface area contributed by atoms with Crippen LogP contribution in [0.1, 0.15) is 44.1 Å². The fraction of sp³-hybridized carbons (Fsp3) is 0.658. The smallest absolute Gasteiger partial charge is 0.407 e. The number of rotatable bonds is 12. The first-order valence-electron chi connectivity index (χ1n) is 18.6. The Balaban J connectivity index is 1.01. The van der Waals surface area contributed by atoms with Crippen LogP contribution in [0.2, 0.25) is 0 Å². The number of sulfone groups is 1. The minimum absolute atomic E-state index is 0.0650. The maximum absolute atomic E-state index is 16.2. The Kier molecular flexibility index (Phi) is 10.9. The van der Waals surface area contributed by atoms with Gasteiger partial charge in [0.25, 0.3) is 0 Å². The zero-order valence-electron chi connectivity index (χ0n) is 29.6. The number of benzene rings is 2. The van der Waals surface area contributed by atoms with Gasteiger partial charge in [0.1, 0.15) is 5.82 Å². The summed E-state index contributed by atoms with van der Waals surface area (Å²) in [6, 6.07) is 13.7. The lowest BCUT2D eigenvalue weighted by Gasteiger charge is -2.54. The Morgan fingerprint density at radius 1 is 1.00 bits per heavy atom. The third-order valence-electron chi connectivity index (χ3n) is 12.1. The van der Waals surface area contributed by atoms with E-state index in [4.69, 9.17) is 14.2 Å². The Hall–Kier alpha value is -2.84. The fourth-order valence-corrected chi connectivity index (χ4v) is 10.9. The molecule has 13 heteroatoms. The van der Waals surface area contributed by atoms with E-state index in [-0.39, 0.29) is 59.5 Å². The summed E-state index contributed by atoms with van der Waals surface area (Å²) in [6.45, 7) is 6.31. The van der Waals surface area contributed by atoms with E-state index in [1.165, 1.54) is 13.2 Å². The molecule has 5 fully saturated rings. The maximum atomic E-state index is 16.2. The van der Waals surface area contributed by atoms with Crippen molar-refractivity contribution in [3.05, 3.63) is 59.9 Å². The molecule has 1 N–H and O–H groups in total. The van der Waals surface area contributed by atoms with Gasteiger partial charge >= 0.3 is 6.09 Å². The molecular formula is C38H52F2N4O6S. The van der Waals surface area contributed by atoms with Crippen molar-refractivity contribution in [3.63, 3.8) is 0 Å². The molecule has 10 nitrogen and oxygen atoms in total. The maximum Gasteiger partial charge on any atom is 0.407 e. The molecule has 4 aliphatic heterocycles. The van der Waals surface area contributed by atoms with Crippen molar-refractivity contribution in [1.29, 1.82) is 0 Å². The molecular weight excluding hydrogens is 679 g/mol. The molecule has 1 unspecified atom stereocenters. The Morgan fingerprint density at radius 3 is 2.41 bits per heavy atom. The number of nitrogens with one attached hydrogen (secondary N) is 1. The minimum Gasteiger partial charge on any atom is -0.453 e. The van der Waals surface area contributed by atoms with Gasteiger partial charge in [-0.2, -0.15) is 0 Å². The highest BCUT2D eigenvalue weighted by atomic mass is 32.2. The quantitative estimate of drug-likeness (QED) is 0.340. The number of alkyl carbamates (subject to hydrolysis) is 1. The number of carbonyl (C=O) groups excluding carboxylic acids is 1. The van der Waals surface area contributed by atoms with E-state index >= 15 is 4.39 Å². The van der Waals surface area contributed by atoms with Gasteiger partial charge in [0.15, 0.2) is 15.5 Å². The van der Waals surface area contributed by atoms with Crippen molar-refractivity contribution in [2.45, 2.75) is 66.6 Å². The molecule has 0 radical (unpaired) electrons. The predicted octanol–water partition coefficient (Wildman–Crippen LogP) is 4.42. The number of halogens is 2. The van der Waals surface area contributed by atoms with E-state index in [0.29, 0.717) is 19.8 Å². The lowest BCUT2D eigenvalue weighted by atomic mass is 9.57. The molecule has 0 bridgehead atoms. The fourth-order valence-electron chi connectivity index (χ4n) is 9.50. The summed E-state index contributed by atoms with van der Waals surface area (Å²) < 4.78 is 72.9. The van der Waals surface area contributed by atoms with E-state index in [0.717, 1.165) is 82.5 Å². The first-order valence-corrected chi connectivity index (χ1v) is 20.2. The van der Waals surface area contributed by atoms with Crippen LogP contribution < -0.4 is 10.2 Å². The third kappa shape index (κ3) is 7.93. The van der Waals surface area contributed by atoms with E-state index in [2.05, 4.69) is 21.2 Å². The van der Waals surface area contributed by atoms with Crippen LogP contribution in [0.25, 0.3) is 0 Å². The van der Waals surface area contributed by atoms with Crippen LogP contribution in [0.15, 0.2) is 53.4 Å². The molecule has 4 atom stereocenters. The van der Waals surface area contributed by atoms with Crippen LogP contribution in [-0.4, -0.2) is 127 Å². The van der Waals surface area contributed by atoms with Gasteiger partial charge in [-0.3, -0.25) is 4.90 Å². The van der Waals surface area contributed by atoms with E-state index in [1.807, 2.05) is 11.0 Å². The number of likely N-dealkylation sites (tertiary alicyclic amines) is 2. The van der Waals surface area contributed by atoms with Gasteiger partial charge in [-0.05, 0) is 112 Å². The van der Waals surface area contributed by atoms with E-state index in [9.17, 15) is 17.6 Å². The van der Waals surface area contributed by atoms with Crippen molar-refractivity contribution in [2.75, 3.05) is 89.9 Å². The SMILES string of the molecule is COC(=O)N[C@H]1CCC[C@@H]1C(CN1CCC1)(c1cccc(F)c1)C1CCN(CC2(F)CN(c3ccc(S(=O)(=O)C[C@@H]4COCCO4)cc3)C2)CC1. The third-order valence-corrected chi connectivity index (χ3v) is 13.9. The summed E-state index contributed by atoms with van der Waals surface area (Å²) in [6.07, 6.45) is 4.76. The lowest BCUT2D eigenvalue weighted by Crippen LogP contribution is -2.65. The molecule has 51 heavy (non-hydrogen) atoms. The Bertz CT molecular complexity index is 1610. The highest BCUT2D eigenvalue weighted by Gasteiger charge is 2.54. The van der Waals surface area contributed by atoms with Gasteiger partial charge in [0.05, 0.1) is 56.8 Å². The molecule has 0 spiro atoms. The van der Waals surface area contributed by atoms with Crippen molar-refractivity contribution in [2.24, 2.45) is 11.8 Å². The molecule has 2 aromatic rings. The van der Waals surface area contributed by atoms with Crippen LogP contribution in [0.4, 0.5) is 19.3 Å². The van der Waals surface area contributed by atoms with Gasteiger partial charge in [0, 0.05) is 30.2 Å². The topological polar surface area (TPSA) is 101 Å². The van der Waals surface area contributed by atoms with Crippen LogP contribution in [0, 0.1) is 17.7 Å². The van der Waals surface area contributed by atoms with Crippen molar-refractivity contribution in [3.8, 4) is 0 Å². The van der Waals surface area contributed by atoms with Crippen molar-refractivity contribution in [1.82, 2.24) is 15.1 Å². The summed E-state index contributed by atoms with van der Waals surface area (Å²) in [4.78, 5) is 19.4. The van der Waals surface area contributed by atoms with E-state index < -0.39 is 27.7 Å². The molecule has 2 aromatic carbocycles. The average molecular weight is 731 g/mol. The molecule has 280 valence electrons. The molecule has 1 saturated carbocycles. The first-order chi connectivity index (χ1) is 24.6. The number of anilines is 1. The number of piperidine rings is 1. The highest BCUT2D eigenvalue weighted by Crippen LogP contribution is 2.51. The average Bonchev–Trinajstić information content (AvgIpc) is 3.56. The molecule has 4 heterocycles. The molecule has 0 aromatic heterocycles. The van der Waals surface area contributed by atoms with Crippen molar-refractivity contribution >= 4 is 21.6 Å². The summed E-state index contributed by atoms with van der Waals surface area (Å²) in [5.74, 6) is -0.0169. The van der Waals surface area contributed by atoms with E-state index in [1.54, 1.807) is 30.3 Å². The van der Waals surface area contributed by atoms with Gasteiger partial charge in [-0.1, -0.05) is 18.6 Å². The molecule has 7 rings (SSSR count). The number of nitrogens with zero attached hydrogens (tertiary/aromatic N) is 3. The Labute approximate surface area is 300 Å². The number of alkyl halides is 1. The number of hydrogen-bond acceptors (Lipinski definition) is 9. The van der Waals surface area contributed by atoms with Crippen LogP contribution in [0.5, 0.6) is 0 Å². The molecule has 1 aliphatic carbocycles. The lowest BCUT2D eigenvalue weighted by molar-refractivity contribution is -0.0782. The molecule has 5 aliphatic rings. The van der Waals surface area contributed by atoms with Crippen molar-refractivity contribution < 1.29 is 36.2 Å². The molecule has 1 amide bonds. The van der Waals surface area contributed by atoms with Gasteiger partial charge in [0.2, 0.25) is 0 Å². The second-order valence-corrected chi connectivity index (χ2v) is 17.4. The largest absolute Gasteiger partial charge is 0.453 e. The molecule has 4 saturated heterocycles. The zero-order valence-corrected chi connectivity index (χ0v) is 30.4. The minimum atomic E-state index is -3.54. The van der Waals surface area contributed by atoms with Crippen LogP contribution in [-0.2, 0) is 29.5 Å². The Morgan fingerprint density at radius 2 is 1.76 bits per heavy atom. The summed E-state index contributed by atoms with van der Waals surface area (Å²) in [7, 11) is -2.15.